The van der Waals surface area contributed by atoms with E-state index in [0.29, 0.717) is 10.5 Å². The minimum Gasteiger partial charge on any atom is -0.456 e. The zero-order valence-corrected chi connectivity index (χ0v) is 33.8. The van der Waals surface area contributed by atoms with Crippen molar-refractivity contribution in [3.63, 3.8) is 0 Å². The summed E-state index contributed by atoms with van der Waals surface area (Å²) in [7, 11) is -4.40. The fourth-order valence-corrected chi connectivity index (χ4v) is 8.75. The molecule has 3 heterocycles. The molecule has 0 bridgehead atoms. The van der Waals surface area contributed by atoms with E-state index in [2.05, 4.69) is 0 Å². The maximum absolute atomic E-state index is 13.5. The second-order valence-electron chi connectivity index (χ2n) is 13.6. The molecule has 312 valence electrons. The Morgan fingerprint density at radius 3 is 1.86 bits per heavy atom. The molecule has 0 aliphatic carbocycles. The molecule has 3 aromatic carbocycles. The molecular weight excluding hydrogens is 801 g/mol. The van der Waals surface area contributed by atoms with Gasteiger partial charge in [-0.1, -0.05) is 78.0 Å². The number of ether oxygens (including phenoxy) is 9. The molecule has 3 saturated heterocycles. The second kappa shape index (κ2) is 19.1. The molecule has 3 aliphatic rings. The van der Waals surface area contributed by atoms with Gasteiger partial charge < -0.3 is 42.6 Å². The van der Waals surface area contributed by atoms with E-state index in [-0.39, 0.29) is 11.5 Å². The van der Waals surface area contributed by atoms with Gasteiger partial charge >= 0.3 is 23.9 Å². The van der Waals surface area contributed by atoms with Crippen LogP contribution in [0.5, 0.6) is 0 Å². The lowest BCUT2D eigenvalue weighted by Gasteiger charge is -2.50. The molecule has 0 aromatic heterocycles. The molecule has 16 nitrogen and oxygen atoms in total. The number of esters is 4. The first kappa shape index (κ1) is 43.2. The first-order valence-electron chi connectivity index (χ1n) is 18.3. The molecule has 58 heavy (non-hydrogen) atoms. The van der Waals surface area contributed by atoms with Crippen LogP contribution in [0.1, 0.15) is 45.1 Å². The Morgan fingerprint density at radius 1 is 0.672 bits per heavy atom. The number of hydrogen-bond donors (Lipinski definition) is 0. The minimum absolute atomic E-state index is 0.101. The summed E-state index contributed by atoms with van der Waals surface area (Å²) in [6.45, 7) is 5.58. The van der Waals surface area contributed by atoms with Gasteiger partial charge in [0, 0.05) is 38.2 Å². The summed E-state index contributed by atoms with van der Waals surface area (Å²) in [5.74, 6) is -3.11. The summed E-state index contributed by atoms with van der Waals surface area (Å²) in [5, 5.41) is 0. The van der Waals surface area contributed by atoms with Gasteiger partial charge in [-0.25, -0.2) is 0 Å². The van der Waals surface area contributed by atoms with Crippen LogP contribution in [-0.2, 0) is 76.1 Å². The zero-order chi connectivity index (χ0) is 41.6. The summed E-state index contributed by atoms with van der Waals surface area (Å²) in [6, 6.07) is 23.9. The van der Waals surface area contributed by atoms with Crippen LogP contribution in [0.2, 0.25) is 0 Å². The van der Waals surface area contributed by atoms with Crippen molar-refractivity contribution in [1.82, 2.24) is 0 Å². The molecule has 3 aromatic rings. The topological polar surface area (TPSA) is 195 Å². The van der Waals surface area contributed by atoms with Crippen LogP contribution in [0.25, 0.3) is 0 Å². The van der Waals surface area contributed by atoms with E-state index in [4.69, 9.17) is 46.8 Å². The molecule has 0 N–H and O–H groups in total. The fourth-order valence-electron chi connectivity index (χ4n) is 6.71. The van der Waals surface area contributed by atoms with Gasteiger partial charge in [0.25, 0.3) is 10.1 Å². The maximum atomic E-state index is 13.5. The van der Waals surface area contributed by atoms with Crippen LogP contribution in [-0.4, -0.2) is 106 Å². The van der Waals surface area contributed by atoms with Crippen molar-refractivity contribution in [3.05, 3.63) is 96.1 Å². The van der Waals surface area contributed by atoms with Gasteiger partial charge in [-0.15, -0.1) is 0 Å². The Labute approximate surface area is 339 Å². The predicted molar refractivity (Wildman–Crippen MR) is 201 cm³/mol. The summed E-state index contributed by atoms with van der Waals surface area (Å²) in [6.07, 6.45) is -13.2. The first-order chi connectivity index (χ1) is 27.7. The third-order valence-corrected chi connectivity index (χ3v) is 11.6. The van der Waals surface area contributed by atoms with Gasteiger partial charge in [0.2, 0.25) is 0 Å². The number of rotatable bonds is 13. The van der Waals surface area contributed by atoms with Crippen molar-refractivity contribution in [3.8, 4) is 0 Å². The molecule has 3 aliphatic heterocycles. The average molecular weight is 845 g/mol. The summed E-state index contributed by atoms with van der Waals surface area (Å²) in [4.78, 5) is 51.3. The van der Waals surface area contributed by atoms with E-state index in [1.165, 1.54) is 19.1 Å². The Hall–Kier alpha value is -4.40. The highest BCUT2D eigenvalue weighted by Gasteiger charge is 2.58. The third kappa shape index (κ3) is 10.8. The van der Waals surface area contributed by atoms with Crippen molar-refractivity contribution < 1.29 is 74.4 Å². The molecule has 0 radical (unpaired) electrons. The molecule has 11 atom stereocenters. The lowest BCUT2D eigenvalue weighted by Crippen LogP contribution is -2.67. The smallest absolute Gasteiger partial charge is 0.303 e. The zero-order valence-electron chi connectivity index (χ0n) is 32.2. The Morgan fingerprint density at radius 2 is 1.24 bits per heavy atom. The number of hydrogen-bond acceptors (Lipinski definition) is 17. The number of fused-ring (bicyclic) bond motifs is 1. The highest BCUT2D eigenvalue weighted by molar-refractivity contribution is 7.99. The lowest BCUT2D eigenvalue weighted by molar-refractivity contribution is -0.378. The van der Waals surface area contributed by atoms with Crippen LogP contribution >= 0.6 is 11.8 Å². The van der Waals surface area contributed by atoms with Gasteiger partial charge in [0.05, 0.1) is 18.1 Å². The largest absolute Gasteiger partial charge is 0.456 e. The Kier molecular flexibility index (Phi) is 14.2. The quantitative estimate of drug-likeness (QED) is 0.135. The summed E-state index contributed by atoms with van der Waals surface area (Å²) < 4.78 is 87.3. The van der Waals surface area contributed by atoms with Crippen LogP contribution in [0, 0.1) is 6.92 Å². The van der Waals surface area contributed by atoms with Gasteiger partial charge in [0.15, 0.2) is 37.0 Å². The number of benzene rings is 3. The average Bonchev–Trinajstić information content (AvgIpc) is 3.17. The molecule has 1 unspecified atom stereocenters. The number of thioether (sulfide) groups is 1. The molecule has 18 heteroatoms. The molecule has 3 fully saturated rings. The van der Waals surface area contributed by atoms with Gasteiger partial charge in [-0.3, -0.25) is 23.4 Å². The van der Waals surface area contributed by atoms with Crippen molar-refractivity contribution >= 4 is 45.8 Å². The van der Waals surface area contributed by atoms with Gasteiger partial charge in [0.1, 0.15) is 29.9 Å². The van der Waals surface area contributed by atoms with E-state index < -0.39 is 107 Å². The van der Waals surface area contributed by atoms with Crippen LogP contribution < -0.4 is 0 Å². The van der Waals surface area contributed by atoms with E-state index in [1.54, 1.807) is 73.7 Å². The highest BCUT2D eigenvalue weighted by atomic mass is 32.2. The fraction of sp³-hybridized carbons (Fsp3) is 0.450. The molecule has 0 saturated carbocycles. The van der Waals surface area contributed by atoms with Gasteiger partial charge in [-0.05, 0) is 31.2 Å². The number of carbonyl (C=O) groups is 4. The Balaban J connectivity index is 1.39. The molecular formula is C40H44O16S2. The standard InChI is InChI=1S/C40H44O16S2/c1-22-16-18-29(19-17-22)58(45,46)48-21-31-33(35(50-24(3)42)37(52-26(5)44)40(54-31)57-28-14-10-7-11-15-28)56-39-36(51-25(4)43)34(49-23(2)41)32-30(53-39)20-47-38(55-32)27-12-8-6-9-13-27/h6-19,30-40H,20-21H2,1-5H3/t30-,31-,32-,33-,34+,35+,36-,37-,38?,39+,40+/m1/s1. The molecule has 0 amide bonds. The van der Waals surface area contributed by atoms with E-state index >= 15 is 0 Å². The van der Waals surface area contributed by atoms with E-state index in [0.717, 1.165) is 38.1 Å². The van der Waals surface area contributed by atoms with Crippen LogP contribution in [0.15, 0.2) is 94.7 Å². The summed E-state index contributed by atoms with van der Waals surface area (Å²) in [5.41, 5.74) is 0.366. The molecule has 6 rings (SSSR count). The second-order valence-corrected chi connectivity index (χ2v) is 16.4. The van der Waals surface area contributed by atoms with Gasteiger partial charge in [-0.2, -0.15) is 8.42 Å². The van der Waals surface area contributed by atoms with Crippen molar-refractivity contribution in [2.75, 3.05) is 13.2 Å². The Bertz CT molecular complexity index is 2000. The predicted octanol–water partition coefficient (Wildman–Crippen LogP) is 4.17. The number of aryl methyl sites for hydroxylation is 1. The normalized spacial score (nSPS) is 29.6. The van der Waals surface area contributed by atoms with Crippen molar-refractivity contribution in [2.24, 2.45) is 0 Å². The summed E-state index contributed by atoms with van der Waals surface area (Å²) >= 11 is 1.12. The third-order valence-electron chi connectivity index (χ3n) is 9.14. The van der Waals surface area contributed by atoms with Crippen molar-refractivity contribution in [1.29, 1.82) is 0 Å². The SMILES string of the molecule is CC(=O)O[C@@H]1[C@@H](OC(C)=O)[C@H](Sc2ccccc2)O[C@H](COS(=O)(=O)c2ccc(C)cc2)[C@H]1O[C@@H]1O[C@@H]2COC(c3ccccc3)O[C@H]2[C@H](OC(C)=O)[C@H]1OC(C)=O. The maximum Gasteiger partial charge on any atom is 0.303 e. The van der Waals surface area contributed by atoms with E-state index in [1.807, 2.05) is 6.07 Å². The number of carbonyl (C=O) groups excluding carboxylic acids is 4. The van der Waals surface area contributed by atoms with Crippen LogP contribution in [0.3, 0.4) is 0 Å². The van der Waals surface area contributed by atoms with Crippen LogP contribution in [0.4, 0.5) is 0 Å². The lowest BCUT2D eigenvalue weighted by atomic mass is 9.96. The first-order valence-corrected chi connectivity index (χ1v) is 20.6. The molecule has 0 spiro atoms. The monoisotopic (exact) mass is 844 g/mol. The minimum atomic E-state index is -4.40. The van der Waals surface area contributed by atoms with Crippen molar-refractivity contribution in [2.45, 2.75) is 111 Å². The van der Waals surface area contributed by atoms with E-state index in [9.17, 15) is 27.6 Å². The highest BCUT2D eigenvalue weighted by Crippen LogP contribution is 2.41.